The first-order valence-electron chi connectivity index (χ1n) is 9.36. The van der Waals surface area contributed by atoms with Crippen molar-refractivity contribution in [3.05, 3.63) is 28.8 Å². The lowest BCUT2D eigenvalue weighted by atomic mass is 9.95. The maximum Gasteiger partial charge on any atom is 0.408 e. The smallest absolute Gasteiger partial charge is 0.408 e. The first-order chi connectivity index (χ1) is 12.4. The molecule has 160 valence electrons. The standard InChI is InChI=1S/C20H34ClFN2O3Si/c1-18(2,3)26-17(25)24-16(15-11-13(21)14(22)12-23-15)20(7,8)27-28(9,10)19(4,5)6/h11-12,16H,1-10H3,(H,24,25)/t16-/m1/s1. The molecule has 0 aromatic carbocycles. The molecule has 0 aliphatic rings. The number of hydrogen-bond donors (Lipinski definition) is 1. The van der Waals surface area contributed by atoms with E-state index in [1.54, 1.807) is 20.8 Å². The van der Waals surface area contributed by atoms with Gasteiger partial charge in [-0.2, -0.15) is 0 Å². The van der Waals surface area contributed by atoms with E-state index < -0.39 is 37.5 Å². The number of carbonyl (C=O) groups is 1. The summed E-state index contributed by atoms with van der Waals surface area (Å²) in [5.74, 6) is -0.621. The van der Waals surface area contributed by atoms with Crippen molar-refractivity contribution >= 4 is 26.0 Å². The van der Waals surface area contributed by atoms with E-state index in [2.05, 4.69) is 44.2 Å². The van der Waals surface area contributed by atoms with Crippen LogP contribution in [0.2, 0.25) is 23.2 Å². The second kappa shape index (κ2) is 8.28. The third kappa shape index (κ3) is 6.71. The summed E-state index contributed by atoms with van der Waals surface area (Å²) in [6.45, 7) is 19.8. The molecule has 1 aromatic rings. The normalized spacial score (nSPS) is 14.6. The van der Waals surface area contributed by atoms with Gasteiger partial charge in [0.05, 0.1) is 22.5 Å². The molecule has 1 atom stereocenters. The van der Waals surface area contributed by atoms with Crippen LogP contribution >= 0.6 is 11.6 Å². The summed E-state index contributed by atoms with van der Waals surface area (Å²) < 4.78 is 25.6. The van der Waals surface area contributed by atoms with Crippen LogP contribution < -0.4 is 5.32 Å². The van der Waals surface area contributed by atoms with Crippen molar-refractivity contribution in [2.45, 2.75) is 90.8 Å². The van der Waals surface area contributed by atoms with E-state index in [1.165, 1.54) is 6.07 Å². The third-order valence-corrected chi connectivity index (χ3v) is 9.74. The molecule has 0 fully saturated rings. The van der Waals surface area contributed by atoms with Gasteiger partial charge in [0.1, 0.15) is 11.6 Å². The van der Waals surface area contributed by atoms with Gasteiger partial charge in [-0.25, -0.2) is 9.18 Å². The van der Waals surface area contributed by atoms with E-state index in [0.29, 0.717) is 5.69 Å². The fourth-order valence-corrected chi connectivity index (χ4v) is 4.39. The molecule has 0 aliphatic carbocycles. The Morgan fingerprint density at radius 3 is 2.14 bits per heavy atom. The van der Waals surface area contributed by atoms with Gasteiger partial charge in [0.2, 0.25) is 0 Å². The van der Waals surface area contributed by atoms with Crippen LogP contribution in [0.5, 0.6) is 0 Å². The lowest BCUT2D eigenvalue weighted by molar-refractivity contribution is 0.0218. The zero-order chi connectivity index (χ0) is 22.1. The molecule has 0 bridgehead atoms. The molecule has 0 aliphatic heterocycles. The molecule has 0 spiro atoms. The molecule has 1 aromatic heterocycles. The molecular formula is C20H34ClFN2O3Si. The van der Waals surface area contributed by atoms with Crippen LogP contribution in [0.25, 0.3) is 0 Å². The van der Waals surface area contributed by atoms with Crippen molar-refractivity contribution in [3.63, 3.8) is 0 Å². The first kappa shape index (κ1) is 24.9. The summed E-state index contributed by atoms with van der Waals surface area (Å²) in [4.78, 5) is 16.6. The van der Waals surface area contributed by atoms with Crippen LogP contribution in [0, 0.1) is 5.82 Å². The Labute approximate surface area is 174 Å². The number of halogens is 2. The summed E-state index contributed by atoms with van der Waals surface area (Å²) in [7, 11) is -2.19. The van der Waals surface area contributed by atoms with Crippen molar-refractivity contribution < 1.29 is 18.3 Å². The van der Waals surface area contributed by atoms with E-state index in [0.717, 1.165) is 6.20 Å². The summed E-state index contributed by atoms with van der Waals surface area (Å²) in [6, 6.07) is 0.727. The average Bonchev–Trinajstić information content (AvgIpc) is 2.43. The van der Waals surface area contributed by atoms with Gasteiger partial charge in [-0.1, -0.05) is 32.4 Å². The van der Waals surface area contributed by atoms with Crippen LogP contribution in [0.3, 0.4) is 0 Å². The number of carbonyl (C=O) groups excluding carboxylic acids is 1. The van der Waals surface area contributed by atoms with E-state index >= 15 is 0 Å². The van der Waals surface area contributed by atoms with E-state index in [1.807, 2.05) is 13.8 Å². The second-order valence-corrected chi connectivity index (χ2v) is 15.2. The molecule has 1 rings (SSSR count). The number of nitrogens with zero attached hydrogens (tertiary/aromatic N) is 1. The average molecular weight is 433 g/mol. The fraction of sp³-hybridized carbons (Fsp3) is 0.700. The minimum atomic E-state index is -2.19. The monoisotopic (exact) mass is 432 g/mol. The van der Waals surface area contributed by atoms with Gasteiger partial charge in [0, 0.05) is 0 Å². The van der Waals surface area contributed by atoms with Crippen LogP contribution in [-0.4, -0.2) is 30.6 Å². The Morgan fingerprint density at radius 2 is 1.71 bits per heavy atom. The Balaban J connectivity index is 3.32. The number of amides is 1. The van der Waals surface area contributed by atoms with Crippen molar-refractivity contribution in [2.75, 3.05) is 0 Å². The molecule has 0 saturated heterocycles. The van der Waals surface area contributed by atoms with Crippen LogP contribution in [-0.2, 0) is 9.16 Å². The van der Waals surface area contributed by atoms with E-state index in [4.69, 9.17) is 20.8 Å². The van der Waals surface area contributed by atoms with Crippen molar-refractivity contribution in [1.29, 1.82) is 0 Å². The van der Waals surface area contributed by atoms with Gasteiger partial charge in [-0.15, -0.1) is 0 Å². The maximum absolute atomic E-state index is 13.6. The second-order valence-electron chi connectivity index (χ2n) is 10.1. The number of ether oxygens (including phenoxy) is 1. The van der Waals surface area contributed by atoms with E-state index in [-0.39, 0.29) is 10.1 Å². The van der Waals surface area contributed by atoms with Crippen LogP contribution in [0.15, 0.2) is 12.3 Å². The molecule has 5 nitrogen and oxygen atoms in total. The minimum Gasteiger partial charge on any atom is -0.444 e. The van der Waals surface area contributed by atoms with Crippen molar-refractivity contribution in [1.82, 2.24) is 10.3 Å². The molecular weight excluding hydrogens is 399 g/mol. The Bertz CT molecular complexity index is 712. The Kier molecular flexibility index (Phi) is 7.35. The van der Waals surface area contributed by atoms with Gasteiger partial charge < -0.3 is 14.5 Å². The van der Waals surface area contributed by atoms with Gasteiger partial charge in [0.25, 0.3) is 0 Å². The van der Waals surface area contributed by atoms with E-state index in [9.17, 15) is 9.18 Å². The van der Waals surface area contributed by atoms with Gasteiger partial charge >= 0.3 is 6.09 Å². The highest BCUT2D eigenvalue weighted by atomic mass is 35.5. The minimum absolute atomic E-state index is 0.0331. The third-order valence-electron chi connectivity index (χ3n) is 4.81. The number of rotatable bonds is 5. The molecule has 1 heterocycles. The number of aromatic nitrogens is 1. The number of hydrogen-bond acceptors (Lipinski definition) is 4. The zero-order valence-electron chi connectivity index (χ0n) is 18.7. The highest BCUT2D eigenvalue weighted by molar-refractivity contribution is 6.74. The SMILES string of the molecule is CC(C)(C)OC(=O)N[C@H](c1cc(Cl)c(F)cn1)C(C)(C)O[Si](C)(C)C(C)(C)C. The van der Waals surface area contributed by atoms with Crippen molar-refractivity contribution in [3.8, 4) is 0 Å². The highest BCUT2D eigenvalue weighted by Crippen LogP contribution is 2.42. The molecule has 0 unspecified atom stereocenters. The predicted octanol–water partition coefficient (Wildman–Crippen LogP) is 6.24. The number of alkyl carbamates (subject to hydrolysis) is 1. The predicted molar refractivity (Wildman–Crippen MR) is 114 cm³/mol. The van der Waals surface area contributed by atoms with Gasteiger partial charge in [-0.05, 0) is 58.8 Å². The quantitative estimate of drug-likeness (QED) is 0.559. The fourth-order valence-electron chi connectivity index (χ4n) is 2.49. The molecule has 28 heavy (non-hydrogen) atoms. The number of nitrogens with one attached hydrogen (secondary N) is 1. The molecule has 8 heteroatoms. The Morgan fingerprint density at radius 1 is 1.18 bits per heavy atom. The molecule has 1 amide bonds. The molecule has 0 saturated carbocycles. The molecule has 1 N–H and O–H groups in total. The topological polar surface area (TPSA) is 60.5 Å². The van der Waals surface area contributed by atoms with Crippen molar-refractivity contribution in [2.24, 2.45) is 0 Å². The maximum atomic E-state index is 13.6. The summed E-state index contributed by atoms with van der Waals surface area (Å²) >= 11 is 5.97. The largest absolute Gasteiger partial charge is 0.444 e. The first-order valence-corrected chi connectivity index (χ1v) is 12.6. The summed E-state index contributed by atoms with van der Waals surface area (Å²) in [5.41, 5.74) is -1.10. The van der Waals surface area contributed by atoms with Gasteiger partial charge in [-0.3, -0.25) is 4.98 Å². The lowest BCUT2D eigenvalue weighted by Gasteiger charge is -2.45. The molecule has 0 radical (unpaired) electrons. The highest BCUT2D eigenvalue weighted by Gasteiger charge is 2.45. The summed E-state index contributed by atoms with van der Waals surface area (Å²) in [5, 5.41) is 2.74. The lowest BCUT2D eigenvalue weighted by Crippen LogP contribution is -2.53. The zero-order valence-corrected chi connectivity index (χ0v) is 20.4. The summed E-state index contributed by atoms with van der Waals surface area (Å²) in [6.07, 6.45) is 0.441. The van der Waals surface area contributed by atoms with Crippen LogP contribution in [0.1, 0.15) is 67.1 Å². The van der Waals surface area contributed by atoms with Gasteiger partial charge in [0.15, 0.2) is 14.1 Å². The Hall–Kier alpha value is -1.18. The van der Waals surface area contributed by atoms with Crippen LogP contribution in [0.4, 0.5) is 9.18 Å². The number of pyridine rings is 1.